The van der Waals surface area contributed by atoms with Crippen LogP contribution in [0.5, 0.6) is 0 Å². The van der Waals surface area contributed by atoms with Gasteiger partial charge in [-0.1, -0.05) is 0 Å². The molecule has 106 valence electrons. The number of esters is 1. The maximum absolute atomic E-state index is 13.2. The zero-order valence-electron chi connectivity index (χ0n) is 11.4. The van der Waals surface area contributed by atoms with Gasteiger partial charge in [0.25, 0.3) is 0 Å². The van der Waals surface area contributed by atoms with Gasteiger partial charge in [0.15, 0.2) is 0 Å². The summed E-state index contributed by atoms with van der Waals surface area (Å²) in [5, 5.41) is 7.26. The second kappa shape index (κ2) is 6.18. The molecule has 0 aliphatic rings. The van der Waals surface area contributed by atoms with Crippen molar-refractivity contribution in [2.45, 2.75) is 20.0 Å². The number of methoxy groups -OCH3 is 1. The number of benzene rings is 1. The standard InChI is InChI=1S/C14H16FN3O2/c1-3-18-11(6-7-17-18)9-16-13-5-4-10(15)8-12(13)14(19)20-2/h4-8,16H,3,9H2,1-2H3. The first-order chi connectivity index (χ1) is 9.65. The fraction of sp³-hybridized carbons (Fsp3) is 0.286. The molecular weight excluding hydrogens is 261 g/mol. The maximum Gasteiger partial charge on any atom is 0.340 e. The third-order valence-corrected chi connectivity index (χ3v) is 2.95. The Morgan fingerprint density at radius 1 is 1.45 bits per heavy atom. The van der Waals surface area contributed by atoms with Crippen LogP contribution < -0.4 is 5.32 Å². The maximum atomic E-state index is 13.2. The highest BCUT2D eigenvalue weighted by Crippen LogP contribution is 2.19. The minimum Gasteiger partial charge on any atom is -0.465 e. The molecule has 0 bridgehead atoms. The van der Waals surface area contributed by atoms with Crippen molar-refractivity contribution in [1.29, 1.82) is 0 Å². The molecule has 6 heteroatoms. The molecule has 1 aromatic heterocycles. The van der Waals surface area contributed by atoms with Gasteiger partial charge in [0.1, 0.15) is 5.82 Å². The number of hydrogen-bond acceptors (Lipinski definition) is 4. The van der Waals surface area contributed by atoms with E-state index in [2.05, 4.69) is 15.2 Å². The van der Waals surface area contributed by atoms with Crippen LogP contribution in [0.2, 0.25) is 0 Å². The molecule has 0 aliphatic carbocycles. The van der Waals surface area contributed by atoms with Crippen LogP contribution in [0, 0.1) is 5.82 Å². The van der Waals surface area contributed by atoms with Gasteiger partial charge in [-0.15, -0.1) is 0 Å². The molecule has 5 nitrogen and oxygen atoms in total. The average molecular weight is 277 g/mol. The van der Waals surface area contributed by atoms with Crippen LogP contribution in [0.4, 0.5) is 10.1 Å². The Morgan fingerprint density at radius 3 is 2.95 bits per heavy atom. The Balaban J connectivity index is 2.19. The number of carbonyl (C=O) groups is 1. The quantitative estimate of drug-likeness (QED) is 0.853. The third-order valence-electron chi connectivity index (χ3n) is 2.95. The van der Waals surface area contributed by atoms with E-state index in [1.165, 1.54) is 19.2 Å². The lowest BCUT2D eigenvalue weighted by Gasteiger charge is -2.11. The number of aryl methyl sites for hydroxylation is 1. The number of rotatable bonds is 5. The smallest absolute Gasteiger partial charge is 0.340 e. The van der Waals surface area contributed by atoms with Crippen LogP contribution >= 0.6 is 0 Å². The fourth-order valence-corrected chi connectivity index (χ4v) is 1.93. The summed E-state index contributed by atoms with van der Waals surface area (Å²) in [5.41, 5.74) is 1.69. The van der Waals surface area contributed by atoms with Gasteiger partial charge in [-0.25, -0.2) is 9.18 Å². The van der Waals surface area contributed by atoms with Crippen molar-refractivity contribution in [1.82, 2.24) is 9.78 Å². The normalized spacial score (nSPS) is 10.3. The highest BCUT2D eigenvalue weighted by atomic mass is 19.1. The number of carbonyl (C=O) groups excluding carboxylic acids is 1. The highest BCUT2D eigenvalue weighted by molar-refractivity contribution is 5.95. The molecular formula is C14H16FN3O2. The van der Waals surface area contributed by atoms with Crippen LogP contribution in [0.3, 0.4) is 0 Å². The van der Waals surface area contributed by atoms with Gasteiger partial charge in [0.2, 0.25) is 0 Å². The number of aromatic nitrogens is 2. The molecule has 1 aromatic carbocycles. The Bertz CT molecular complexity index is 610. The summed E-state index contributed by atoms with van der Waals surface area (Å²) in [6, 6.07) is 5.86. The molecule has 0 atom stereocenters. The van der Waals surface area contributed by atoms with E-state index in [9.17, 15) is 9.18 Å². The highest BCUT2D eigenvalue weighted by Gasteiger charge is 2.13. The van der Waals surface area contributed by atoms with Gasteiger partial charge in [-0.3, -0.25) is 4.68 Å². The number of nitrogens with one attached hydrogen (secondary N) is 1. The molecule has 2 aromatic rings. The first kappa shape index (κ1) is 14.0. The summed E-state index contributed by atoms with van der Waals surface area (Å²) in [5.74, 6) is -1.05. The second-order valence-corrected chi connectivity index (χ2v) is 4.17. The number of halogens is 1. The molecule has 0 saturated carbocycles. The van der Waals surface area contributed by atoms with Gasteiger partial charge < -0.3 is 10.1 Å². The lowest BCUT2D eigenvalue weighted by atomic mass is 10.1. The second-order valence-electron chi connectivity index (χ2n) is 4.17. The molecule has 0 aliphatic heterocycles. The van der Waals surface area contributed by atoms with E-state index in [4.69, 9.17) is 0 Å². The number of ether oxygens (including phenoxy) is 1. The molecule has 0 radical (unpaired) electrons. The molecule has 0 saturated heterocycles. The first-order valence-corrected chi connectivity index (χ1v) is 6.28. The van der Waals surface area contributed by atoms with Crippen LogP contribution in [0.1, 0.15) is 23.0 Å². The van der Waals surface area contributed by atoms with Crippen molar-refractivity contribution in [3.8, 4) is 0 Å². The largest absolute Gasteiger partial charge is 0.465 e. The summed E-state index contributed by atoms with van der Waals surface area (Å²) in [7, 11) is 1.27. The lowest BCUT2D eigenvalue weighted by Crippen LogP contribution is -2.11. The van der Waals surface area contributed by atoms with Crippen LogP contribution in [-0.2, 0) is 17.8 Å². The summed E-state index contributed by atoms with van der Waals surface area (Å²) in [6.45, 7) is 3.25. The lowest BCUT2D eigenvalue weighted by molar-refractivity contribution is 0.0601. The molecule has 1 N–H and O–H groups in total. The summed E-state index contributed by atoms with van der Waals surface area (Å²) in [6.07, 6.45) is 1.71. The monoisotopic (exact) mass is 277 g/mol. The summed E-state index contributed by atoms with van der Waals surface area (Å²) < 4.78 is 19.7. The summed E-state index contributed by atoms with van der Waals surface area (Å²) in [4.78, 5) is 11.6. The van der Waals surface area contributed by atoms with Gasteiger partial charge in [-0.2, -0.15) is 5.10 Å². The Morgan fingerprint density at radius 2 is 2.25 bits per heavy atom. The number of anilines is 1. The molecule has 2 rings (SSSR count). The van der Waals surface area contributed by atoms with Crippen molar-refractivity contribution in [3.63, 3.8) is 0 Å². The minimum atomic E-state index is -0.573. The van der Waals surface area contributed by atoms with E-state index in [1.54, 1.807) is 6.20 Å². The fourth-order valence-electron chi connectivity index (χ4n) is 1.93. The van der Waals surface area contributed by atoms with E-state index in [0.29, 0.717) is 12.2 Å². The van der Waals surface area contributed by atoms with Gasteiger partial charge >= 0.3 is 5.97 Å². The van der Waals surface area contributed by atoms with Gasteiger partial charge in [0.05, 0.1) is 24.9 Å². The van der Waals surface area contributed by atoms with Crippen molar-refractivity contribution >= 4 is 11.7 Å². The van der Waals surface area contributed by atoms with E-state index < -0.39 is 11.8 Å². The molecule has 0 spiro atoms. The minimum absolute atomic E-state index is 0.176. The van der Waals surface area contributed by atoms with E-state index in [1.807, 2.05) is 17.7 Å². The predicted octanol–water partition coefficient (Wildman–Crippen LogP) is 2.44. The molecule has 0 fully saturated rings. The van der Waals surface area contributed by atoms with Crippen molar-refractivity contribution < 1.29 is 13.9 Å². The van der Waals surface area contributed by atoms with Crippen molar-refractivity contribution in [2.24, 2.45) is 0 Å². The molecule has 0 amide bonds. The average Bonchev–Trinajstić information content (AvgIpc) is 2.92. The molecule has 1 heterocycles. The van der Waals surface area contributed by atoms with Crippen molar-refractivity contribution in [2.75, 3.05) is 12.4 Å². The predicted molar refractivity (Wildman–Crippen MR) is 73.0 cm³/mol. The zero-order valence-corrected chi connectivity index (χ0v) is 11.4. The molecule has 20 heavy (non-hydrogen) atoms. The van der Waals surface area contributed by atoms with Crippen molar-refractivity contribution in [3.05, 3.63) is 47.5 Å². The van der Waals surface area contributed by atoms with E-state index in [0.717, 1.165) is 18.3 Å². The zero-order chi connectivity index (χ0) is 14.5. The Hall–Kier alpha value is -2.37. The van der Waals surface area contributed by atoms with Crippen LogP contribution in [0.15, 0.2) is 30.5 Å². The van der Waals surface area contributed by atoms with Crippen LogP contribution in [0.25, 0.3) is 0 Å². The molecule has 0 unspecified atom stereocenters. The Kier molecular flexibility index (Phi) is 4.34. The topological polar surface area (TPSA) is 56.2 Å². The SMILES string of the molecule is CCn1nccc1CNc1ccc(F)cc1C(=O)OC. The summed E-state index contributed by atoms with van der Waals surface area (Å²) >= 11 is 0. The van der Waals surface area contributed by atoms with Gasteiger partial charge in [0, 0.05) is 18.4 Å². The third kappa shape index (κ3) is 2.96. The Labute approximate surface area is 116 Å². The van der Waals surface area contributed by atoms with Gasteiger partial charge in [-0.05, 0) is 31.2 Å². The first-order valence-electron chi connectivity index (χ1n) is 6.28. The number of nitrogens with zero attached hydrogens (tertiary/aromatic N) is 2. The van der Waals surface area contributed by atoms with E-state index in [-0.39, 0.29) is 5.56 Å². The number of hydrogen-bond donors (Lipinski definition) is 1. The van der Waals surface area contributed by atoms with Crippen LogP contribution in [-0.4, -0.2) is 22.9 Å². The van der Waals surface area contributed by atoms with E-state index >= 15 is 0 Å².